The standard InChI is InChI=1S/C23H21ClFN5O2/c1-15-22(16(2)30(27-15)13-17-6-8-19(25)9-7-17)26-23(31)21-10-11-29(28-21)14-32-20-5-3-4-18(24)12-20/h3-12H,13-14H2,1-2H3,(H,26,31). The predicted octanol–water partition coefficient (Wildman–Crippen LogP) is 4.83. The number of halogens is 2. The average molecular weight is 454 g/mol. The number of carbonyl (C=O) groups excluding carboxylic acids is 1. The molecular weight excluding hydrogens is 433 g/mol. The Morgan fingerprint density at radius 1 is 1.12 bits per heavy atom. The Kier molecular flexibility index (Phi) is 6.23. The van der Waals surface area contributed by atoms with Crippen molar-refractivity contribution in [1.82, 2.24) is 19.6 Å². The van der Waals surface area contributed by atoms with E-state index < -0.39 is 0 Å². The second-order valence-corrected chi connectivity index (χ2v) is 7.69. The van der Waals surface area contributed by atoms with Crippen LogP contribution in [0, 0.1) is 19.7 Å². The molecule has 0 saturated carbocycles. The van der Waals surface area contributed by atoms with E-state index in [2.05, 4.69) is 15.5 Å². The maximum atomic E-state index is 13.1. The highest BCUT2D eigenvalue weighted by Crippen LogP contribution is 2.21. The molecule has 9 heteroatoms. The zero-order valence-electron chi connectivity index (χ0n) is 17.5. The van der Waals surface area contributed by atoms with Crippen molar-refractivity contribution < 1.29 is 13.9 Å². The van der Waals surface area contributed by atoms with Gasteiger partial charge >= 0.3 is 0 Å². The number of nitrogens with one attached hydrogen (secondary N) is 1. The molecule has 0 fully saturated rings. The van der Waals surface area contributed by atoms with Crippen LogP contribution in [-0.4, -0.2) is 25.5 Å². The van der Waals surface area contributed by atoms with E-state index in [-0.39, 0.29) is 24.1 Å². The summed E-state index contributed by atoms with van der Waals surface area (Å²) in [6.45, 7) is 4.30. The molecule has 4 aromatic rings. The molecule has 1 N–H and O–H groups in total. The van der Waals surface area contributed by atoms with Gasteiger partial charge < -0.3 is 10.1 Å². The number of aromatic nitrogens is 4. The fourth-order valence-corrected chi connectivity index (χ4v) is 3.40. The third-order valence-corrected chi connectivity index (χ3v) is 5.13. The van der Waals surface area contributed by atoms with Gasteiger partial charge in [0, 0.05) is 11.2 Å². The molecule has 7 nitrogen and oxygen atoms in total. The molecule has 0 spiro atoms. The molecule has 4 rings (SSSR count). The zero-order chi connectivity index (χ0) is 22.7. The van der Waals surface area contributed by atoms with Crippen molar-refractivity contribution in [1.29, 1.82) is 0 Å². The van der Waals surface area contributed by atoms with Crippen LogP contribution in [0.2, 0.25) is 5.02 Å². The molecule has 2 heterocycles. The van der Waals surface area contributed by atoms with Crippen molar-refractivity contribution >= 4 is 23.2 Å². The summed E-state index contributed by atoms with van der Waals surface area (Å²) in [5.74, 6) is -0.0228. The van der Waals surface area contributed by atoms with Crippen LogP contribution in [0.3, 0.4) is 0 Å². The smallest absolute Gasteiger partial charge is 0.276 e. The largest absolute Gasteiger partial charge is 0.471 e. The summed E-state index contributed by atoms with van der Waals surface area (Å²) < 4.78 is 22.1. The molecule has 0 bridgehead atoms. The third kappa shape index (κ3) is 4.97. The Morgan fingerprint density at radius 3 is 2.66 bits per heavy atom. The second-order valence-electron chi connectivity index (χ2n) is 7.26. The van der Waals surface area contributed by atoms with Crippen molar-refractivity contribution in [3.8, 4) is 5.75 Å². The van der Waals surface area contributed by atoms with Gasteiger partial charge in [-0.1, -0.05) is 29.8 Å². The van der Waals surface area contributed by atoms with Gasteiger partial charge in [0.15, 0.2) is 12.4 Å². The summed E-state index contributed by atoms with van der Waals surface area (Å²) in [5.41, 5.74) is 3.27. The van der Waals surface area contributed by atoms with Gasteiger partial charge in [0.25, 0.3) is 5.91 Å². The molecule has 32 heavy (non-hydrogen) atoms. The van der Waals surface area contributed by atoms with E-state index in [0.29, 0.717) is 28.7 Å². The number of rotatable bonds is 7. The van der Waals surface area contributed by atoms with Crippen LogP contribution in [0.5, 0.6) is 5.75 Å². The van der Waals surface area contributed by atoms with Crippen LogP contribution in [-0.2, 0) is 13.3 Å². The fraction of sp³-hybridized carbons (Fsp3) is 0.174. The topological polar surface area (TPSA) is 74.0 Å². The number of hydrogen-bond acceptors (Lipinski definition) is 4. The fourth-order valence-electron chi connectivity index (χ4n) is 3.22. The molecule has 0 radical (unpaired) electrons. The number of aryl methyl sites for hydroxylation is 1. The number of anilines is 1. The number of carbonyl (C=O) groups is 1. The SMILES string of the molecule is Cc1nn(Cc2ccc(F)cc2)c(C)c1NC(=O)c1ccn(COc2cccc(Cl)c2)n1. The molecule has 2 aromatic carbocycles. The Balaban J connectivity index is 1.41. The molecular formula is C23H21ClFN5O2. The lowest BCUT2D eigenvalue weighted by Crippen LogP contribution is -2.15. The summed E-state index contributed by atoms with van der Waals surface area (Å²) in [6.07, 6.45) is 1.66. The predicted molar refractivity (Wildman–Crippen MR) is 119 cm³/mol. The lowest BCUT2D eigenvalue weighted by atomic mass is 10.2. The minimum absolute atomic E-state index is 0.140. The van der Waals surface area contributed by atoms with E-state index in [9.17, 15) is 9.18 Å². The molecule has 0 aliphatic carbocycles. The van der Waals surface area contributed by atoms with Gasteiger partial charge in [0.1, 0.15) is 11.6 Å². The molecule has 2 aromatic heterocycles. The zero-order valence-corrected chi connectivity index (χ0v) is 18.3. The van der Waals surface area contributed by atoms with E-state index in [0.717, 1.165) is 11.3 Å². The van der Waals surface area contributed by atoms with Gasteiger partial charge in [0.05, 0.1) is 23.6 Å². The minimum Gasteiger partial charge on any atom is -0.471 e. The number of benzene rings is 2. The van der Waals surface area contributed by atoms with Gasteiger partial charge in [0.2, 0.25) is 0 Å². The lowest BCUT2D eigenvalue weighted by molar-refractivity contribution is 0.102. The summed E-state index contributed by atoms with van der Waals surface area (Å²) in [7, 11) is 0. The first-order valence-corrected chi connectivity index (χ1v) is 10.3. The Bertz CT molecular complexity index is 1250. The Hall–Kier alpha value is -3.65. The average Bonchev–Trinajstić information content (AvgIpc) is 3.35. The highest BCUT2D eigenvalue weighted by molar-refractivity contribution is 6.30. The molecule has 1 amide bonds. The van der Waals surface area contributed by atoms with Crippen molar-refractivity contribution in [2.24, 2.45) is 0 Å². The monoisotopic (exact) mass is 453 g/mol. The Labute approximate surface area is 189 Å². The van der Waals surface area contributed by atoms with Crippen molar-refractivity contribution in [3.05, 3.63) is 94.3 Å². The molecule has 0 unspecified atom stereocenters. The molecule has 164 valence electrons. The van der Waals surface area contributed by atoms with Crippen LogP contribution >= 0.6 is 11.6 Å². The van der Waals surface area contributed by atoms with Crippen LogP contribution in [0.1, 0.15) is 27.4 Å². The van der Waals surface area contributed by atoms with Crippen LogP contribution in [0.25, 0.3) is 0 Å². The summed E-state index contributed by atoms with van der Waals surface area (Å²) >= 11 is 5.95. The van der Waals surface area contributed by atoms with Crippen LogP contribution in [0.4, 0.5) is 10.1 Å². The number of hydrogen-bond donors (Lipinski definition) is 1. The van der Waals surface area contributed by atoms with Gasteiger partial charge in [-0.25, -0.2) is 9.07 Å². The minimum atomic E-state index is -0.348. The van der Waals surface area contributed by atoms with Gasteiger partial charge in [-0.3, -0.25) is 9.48 Å². The highest BCUT2D eigenvalue weighted by atomic mass is 35.5. The van der Waals surface area contributed by atoms with Crippen LogP contribution in [0.15, 0.2) is 60.8 Å². The van der Waals surface area contributed by atoms with Crippen LogP contribution < -0.4 is 10.1 Å². The normalized spacial score (nSPS) is 10.9. The molecule has 0 saturated heterocycles. The molecule has 0 atom stereocenters. The van der Waals surface area contributed by atoms with Gasteiger partial charge in [-0.05, 0) is 55.8 Å². The maximum absolute atomic E-state index is 13.1. The third-order valence-electron chi connectivity index (χ3n) is 4.90. The lowest BCUT2D eigenvalue weighted by Gasteiger charge is -2.07. The second kappa shape index (κ2) is 9.23. The summed E-state index contributed by atoms with van der Waals surface area (Å²) in [4.78, 5) is 12.7. The van der Waals surface area contributed by atoms with E-state index >= 15 is 0 Å². The number of amides is 1. The van der Waals surface area contributed by atoms with E-state index in [1.807, 2.05) is 13.8 Å². The number of nitrogens with zero attached hydrogens (tertiary/aromatic N) is 4. The first kappa shape index (κ1) is 21.6. The summed E-state index contributed by atoms with van der Waals surface area (Å²) in [6, 6.07) is 14.9. The van der Waals surface area contributed by atoms with E-state index in [4.69, 9.17) is 16.3 Å². The van der Waals surface area contributed by atoms with Crippen molar-refractivity contribution in [2.45, 2.75) is 27.1 Å². The van der Waals surface area contributed by atoms with Crippen molar-refractivity contribution in [3.63, 3.8) is 0 Å². The quantitative estimate of drug-likeness (QED) is 0.435. The van der Waals surface area contributed by atoms with E-state index in [1.54, 1.807) is 53.3 Å². The first-order chi connectivity index (χ1) is 15.4. The number of ether oxygens (including phenoxy) is 1. The van der Waals surface area contributed by atoms with E-state index in [1.165, 1.54) is 16.8 Å². The highest BCUT2D eigenvalue weighted by Gasteiger charge is 2.17. The van der Waals surface area contributed by atoms with Crippen molar-refractivity contribution in [2.75, 3.05) is 5.32 Å². The maximum Gasteiger partial charge on any atom is 0.276 e. The van der Waals surface area contributed by atoms with Gasteiger partial charge in [-0.15, -0.1) is 0 Å². The Morgan fingerprint density at radius 2 is 1.91 bits per heavy atom. The summed E-state index contributed by atoms with van der Waals surface area (Å²) in [5, 5.41) is 12.2. The molecule has 0 aliphatic rings. The van der Waals surface area contributed by atoms with Gasteiger partial charge in [-0.2, -0.15) is 10.2 Å². The first-order valence-electron chi connectivity index (χ1n) is 9.90. The molecule has 0 aliphatic heterocycles.